The van der Waals surface area contributed by atoms with Gasteiger partial charge in [0.1, 0.15) is 6.10 Å². The molecular weight excluding hydrogens is 454 g/mol. The number of nitrogens with one attached hydrogen (secondary N) is 1. The van der Waals surface area contributed by atoms with Gasteiger partial charge in [-0.2, -0.15) is 0 Å². The molecular formula is C30H43NO5. The summed E-state index contributed by atoms with van der Waals surface area (Å²) in [6, 6.07) is -0.0851. The van der Waals surface area contributed by atoms with Crippen molar-refractivity contribution in [3.05, 3.63) is 60.3 Å². The van der Waals surface area contributed by atoms with E-state index in [9.17, 15) is 9.90 Å². The van der Waals surface area contributed by atoms with E-state index in [0.717, 1.165) is 31.3 Å². The fraction of sp³-hybridized carbons (Fsp3) is 0.633. The van der Waals surface area contributed by atoms with E-state index in [1.807, 2.05) is 6.08 Å². The van der Waals surface area contributed by atoms with E-state index in [4.69, 9.17) is 14.2 Å². The lowest BCUT2D eigenvalue weighted by Crippen LogP contribution is -2.35. The Kier molecular flexibility index (Phi) is 9.77. The van der Waals surface area contributed by atoms with Crippen LogP contribution in [0.15, 0.2) is 60.3 Å². The quantitative estimate of drug-likeness (QED) is 0.436. The summed E-state index contributed by atoms with van der Waals surface area (Å²) in [5.74, 6) is 0.319. The molecule has 4 rings (SSSR count). The molecule has 4 aliphatic rings. The van der Waals surface area contributed by atoms with E-state index < -0.39 is 6.10 Å². The molecule has 8 atom stereocenters. The Bertz CT molecular complexity index is 890. The van der Waals surface area contributed by atoms with E-state index in [1.54, 1.807) is 6.08 Å². The summed E-state index contributed by atoms with van der Waals surface area (Å²) < 4.78 is 17.9. The minimum atomic E-state index is -0.566. The van der Waals surface area contributed by atoms with Crippen molar-refractivity contribution in [1.82, 2.24) is 5.32 Å². The van der Waals surface area contributed by atoms with E-state index in [-0.39, 0.29) is 42.5 Å². The third-order valence-corrected chi connectivity index (χ3v) is 7.46. The Hall–Kier alpha value is -1.99. The van der Waals surface area contributed by atoms with Gasteiger partial charge in [-0.15, -0.1) is 0 Å². The van der Waals surface area contributed by atoms with Crippen LogP contribution in [-0.2, 0) is 19.0 Å². The lowest BCUT2D eigenvalue weighted by Gasteiger charge is -2.28. The Labute approximate surface area is 216 Å². The molecule has 2 bridgehead atoms. The molecule has 1 fully saturated rings. The van der Waals surface area contributed by atoms with Gasteiger partial charge < -0.3 is 24.6 Å². The molecule has 36 heavy (non-hydrogen) atoms. The zero-order chi connectivity index (χ0) is 25.5. The number of aliphatic hydroxyl groups is 1. The molecule has 0 unspecified atom stereocenters. The van der Waals surface area contributed by atoms with Crippen molar-refractivity contribution in [1.29, 1.82) is 0 Å². The van der Waals surface area contributed by atoms with E-state index in [1.165, 1.54) is 5.57 Å². The molecule has 6 nitrogen and oxygen atoms in total. The molecule has 0 aliphatic carbocycles. The van der Waals surface area contributed by atoms with Crippen molar-refractivity contribution in [3.8, 4) is 0 Å². The van der Waals surface area contributed by atoms with Crippen molar-refractivity contribution >= 4 is 5.91 Å². The predicted octanol–water partition coefficient (Wildman–Crippen LogP) is 4.71. The number of fused-ring (bicyclic) bond motifs is 3. The topological polar surface area (TPSA) is 80.3 Å². The standard InChI is InChI=1S/C30H43NO5/c1-20-13-14-34-25(16-20)10-4-7-23-19-28-30(36-28)27(32)18-22(3)15-21(2)17-26-11-5-8-24(35-26)9-6-12-29(33)31-23/h4-6,8,10,12-13,21,23-28,30,32H,3,7,9,11,14-19H2,1-2H3,(H,31,33)/t21-,23+,24-,25+,26-,27-,28-,30-/m0/s1. The highest BCUT2D eigenvalue weighted by molar-refractivity contribution is 5.87. The third kappa shape index (κ3) is 8.55. The van der Waals surface area contributed by atoms with Crippen LogP contribution in [0.1, 0.15) is 65.2 Å². The van der Waals surface area contributed by atoms with Gasteiger partial charge >= 0.3 is 0 Å². The summed E-state index contributed by atoms with van der Waals surface area (Å²) in [5, 5.41) is 13.9. The highest BCUT2D eigenvalue weighted by Crippen LogP contribution is 2.34. The molecule has 0 saturated carbocycles. The molecule has 0 aromatic heterocycles. The molecule has 0 radical (unpaired) electrons. The van der Waals surface area contributed by atoms with Gasteiger partial charge in [0, 0.05) is 6.04 Å². The largest absolute Gasteiger partial charge is 0.390 e. The van der Waals surface area contributed by atoms with Crippen molar-refractivity contribution in [3.63, 3.8) is 0 Å². The van der Waals surface area contributed by atoms with Crippen LogP contribution in [0.3, 0.4) is 0 Å². The predicted molar refractivity (Wildman–Crippen MR) is 141 cm³/mol. The number of carbonyl (C=O) groups is 1. The molecule has 1 amide bonds. The third-order valence-electron chi connectivity index (χ3n) is 7.46. The van der Waals surface area contributed by atoms with Crippen LogP contribution in [0, 0.1) is 5.92 Å². The fourth-order valence-corrected chi connectivity index (χ4v) is 5.57. The number of amides is 1. The minimum absolute atomic E-state index is 0.00346. The van der Waals surface area contributed by atoms with Crippen molar-refractivity contribution in [2.45, 2.75) is 108 Å². The monoisotopic (exact) mass is 497 g/mol. The molecule has 2 N–H and O–H groups in total. The lowest BCUT2D eigenvalue weighted by atomic mass is 9.91. The van der Waals surface area contributed by atoms with Gasteiger partial charge in [-0.1, -0.05) is 61.1 Å². The summed E-state index contributed by atoms with van der Waals surface area (Å²) in [5.41, 5.74) is 2.40. The van der Waals surface area contributed by atoms with Crippen LogP contribution in [-0.4, -0.2) is 60.3 Å². The Morgan fingerprint density at radius 3 is 2.86 bits per heavy atom. The summed E-state index contributed by atoms with van der Waals surface area (Å²) in [4.78, 5) is 12.7. The van der Waals surface area contributed by atoms with Gasteiger partial charge in [-0.3, -0.25) is 4.79 Å². The lowest BCUT2D eigenvalue weighted by molar-refractivity contribution is -0.117. The maximum atomic E-state index is 12.7. The molecule has 0 spiro atoms. The normalized spacial score (nSPS) is 38.6. The second-order valence-electron chi connectivity index (χ2n) is 11.0. The molecule has 1 saturated heterocycles. The van der Waals surface area contributed by atoms with Gasteiger partial charge in [-0.05, 0) is 70.3 Å². The van der Waals surface area contributed by atoms with Crippen molar-refractivity contribution < 1.29 is 24.1 Å². The number of hydrogen-bond acceptors (Lipinski definition) is 5. The first-order valence-corrected chi connectivity index (χ1v) is 13.6. The van der Waals surface area contributed by atoms with Crippen LogP contribution >= 0.6 is 0 Å². The smallest absolute Gasteiger partial charge is 0.243 e. The summed E-state index contributed by atoms with van der Waals surface area (Å²) >= 11 is 0. The zero-order valence-electron chi connectivity index (χ0n) is 21.8. The van der Waals surface area contributed by atoms with Crippen molar-refractivity contribution in [2.24, 2.45) is 5.92 Å². The zero-order valence-corrected chi connectivity index (χ0v) is 21.8. The minimum Gasteiger partial charge on any atom is -0.390 e. The summed E-state index contributed by atoms with van der Waals surface area (Å²) in [6.07, 6.45) is 19.8. The number of hydrogen-bond donors (Lipinski definition) is 2. The first kappa shape index (κ1) is 27.1. The van der Waals surface area contributed by atoms with Gasteiger partial charge in [0.05, 0.1) is 37.1 Å². The molecule has 4 aliphatic heterocycles. The number of carbonyl (C=O) groups excluding carboxylic acids is 1. The molecule has 6 heteroatoms. The van der Waals surface area contributed by atoms with Crippen LogP contribution in [0.2, 0.25) is 0 Å². The van der Waals surface area contributed by atoms with E-state index in [2.05, 4.69) is 56.1 Å². The number of aliphatic hydroxyl groups excluding tert-OH is 1. The Balaban J connectivity index is 1.40. The second-order valence-corrected chi connectivity index (χ2v) is 11.0. The Morgan fingerprint density at radius 1 is 1.17 bits per heavy atom. The fourth-order valence-electron chi connectivity index (χ4n) is 5.57. The molecule has 4 heterocycles. The average Bonchev–Trinajstić information content (AvgIpc) is 3.58. The van der Waals surface area contributed by atoms with Gasteiger partial charge in [-0.25, -0.2) is 0 Å². The number of epoxide rings is 1. The molecule has 0 aromatic rings. The van der Waals surface area contributed by atoms with Gasteiger partial charge in [0.2, 0.25) is 5.91 Å². The van der Waals surface area contributed by atoms with Crippen molar-refractivity contribution in [2.75, 3.05) is 6.61 Å². The Morgan fingerprint density at radius 2 is 2.03 bits per heavy atom. The van der Waals surface area contributed by atoms with Gasteiger partial charge in [0.25, 0.3) is 0 Å². The van der Waals surface area contributed by atoms with E-state index in [0.29, 0.717) is 38.2 Å². The van der Waals surface area contributed by atoms with Crippen LogP contribution < -0.4 is 5.32 Å². The second kappa shape index (κ2) is 13.0. The summed E-state index contributed by atoms with van der Waals surface area (Å²) in [6.45, 7) is 9.23. The average molecular weight is 498 g/mol. The van der Waals surface area contributed by atoms with Crippen LogP contribution in [0.25, 0.3) is 0 Å². The number of rotatable bonds is 3. The maximum Gasteiger partial charge on any atom is 0.243 e. The van der Waals surface area contributed by atoms with Gasteiger partial charge in [0.15, 0.2) is 0 Å². The molecule has 0 aromatic carbocycles. The first-order valence-electron chi connectivity index (χ1n) is 13.6. The maximum absolute atomic E-state index is 12.7. The van der Waals surface area contributed by atoms with Crippen LogP contribution in [0.5, 0.6) is 0 Å². The first-order chi connectivity index (χ1) is 17.4. The highest BCUT2D eigenvalue weighted by atomic mass is 16.6. The molecule has 198 valence electrons. The summed E-state index contributed by atoms with van der Waals surface area (Å²) in [7, 11) is 0. The highest BCUT2D eigenvalue weighted by Gasteiger charge is 2.45. The van der Waals surface area contributed by atoms with E-state index >= 15 is 0 Å². The SMILES string of the molecule is C=C1C[C@H](C)C[C@@H]2CC=C[C@@H](CC=CC(=O)N[C@H](CC=C[C@@H]3CC(C)=CCO3)C[C@@H]3O[C@H]3[C@@H](O)C1)O2. The van der Waals surface area contributed by atoms with Crippen LogP contribution in [0.4, 0.5) is 0 Å². The number of ether oxygens (including phenoxy) is 3.